The molecule has 0 aromatic heterocycles. The molecule has 84 valence electrons. The number of hydrogen-bond donors (Lipinski definition) is 0. The summed E-state index contributed by atoms with van der Waals surface area (Å²) in [5, 5.41) is 9.50. The van der Waals surface area contributed by atoms with Crippen LogP contribution in [0.3, 0.4) is 0 Å². The van der Waals surface area contributed by atoms with Gasteiger partial charge in [0.05, 0.1) is 6.07 Å². The Morgan fingerprint density at radius 3 is 1.94 bits per heavy atom. The zero-order valence-electron chi connectivity index (χ0n) is 10.2. The molecular formula is C16H15N. The molecule has 0 aliphatic rings. The van der Waals surface area contributed by atoms with Crippen molar-refractivity contribution in [2.45, 2.75) is 32.1 Å². The zero-order chi connectivity index (χ0) is 12.6. The maximum absolute atomic E-state index is 9.50. The second-order valence-corrected chi connectivity index (χ2v) is 3.77. The summed E-state index contributed by atoms with van der Waals surface area (Å²) in [6.07, 6.45) is 1.05. The normalized spacial score (nSPS) is 9.24. The lowest BCUT2D eigenvalue weighted by molar-refractivity contribution is 0.583. The van der Waals surface area contributed by atoms with E-state index < -0.39 is 5.41 Å². The van der Waals surface area contributed by atoms with Gasteiger partial charge in [0.2, 0.25) is 0 Å². The van der Waals surface area contributed by atoms with E-state index >= 15 is 0 Å². The standard InChI is InChI=1S/C16H15N/c1-3-5-12-16(14-17,13-6-4-2)15-10-8-7-9-11-15/h7-11H,12-13H2,1-2H3. The Balaban J connectivity index is 3.18. The molecule has 0 bridgehead atoms. The van der Waals surface area contributed by atoms with E-state index in [2.05, 4.69) is 29.8 Å². The van der Waals surface area contributed by atoms with Gasteiger partial charge in [0, 0.05) is 12.8 Å². The van der Waals surface area contributed by atoms with Gasteiger partial charge in [0.25, 0.3) is 0 Å². The van der Waals surface area contributed by atoms with Crippen molar-refractivity contribution in [1.82, 2.24) is 0 Å². The molecule has 0 aliphatic heterocycles. The van der Waals surface area contributed by atoms with Crippen LogP contribution in [-0.2, 0) is 5.41 Å². The lowest BCUT2D eigenvalue weighted by Crippen LogP contribution is -2.23. The Morgan fingerprint density at radius 1 is 1.00 bits per heavy atom. The van der Waals surface area contributed by atoms with Gasteiger partial charge in [-0.15, -0.1) is 23.7 Å². The molecule has 17 heavy (non-hydrogen) atoms. The summed E-state index contributed by atoms with van der Waals surface area (Å²) in [5.74, 6) is 11.7. The number of hydrogen-bond acceptors (Lipinski definition) is 1. The maximum atomic E-state index is 9.50. The average Bonchev–Trinajstić information content (AvgIpc) is 2.41. The van der Waals surface area contributed by atoms with E-state index in [-0.39, 0.29) is 0 Å². The van der Waals surface area contributed by atoms with Crippen LogP contribution < -0.4 is 0 Å². The highest BCUT2D eigenvalue weighted by molar-refractivity contribution is 5.36. The summed E-state index contributed by atoms with van der Waals surface area (Å²) in [7, 11) is 0. The fourth-order valence-electron chi connectivity index (χ4n) is 1.65. The van der Waals surface area contributed by atoms with Gasteiger partial charge in [-0.3, -0.25) is 0 Å². The van der Waals surface area contributed by atoms with Crippen LogP contribution in [0.15, 0.2) is 30.3 Å². The molecule has 0 fully saturated rings. The van der Waals surface area contributed by atoms with Gasteiger partial charge >= 0.3 is 0 Å². The summed E-state index contributed by atoms with van der Waals surface area (Å²) in [4.78, 5) is 0. The minimum absolute atomic E-state index is 0.526. The summed E-state index contributed by atoms with van der Waals surface area (Å²) in [6, 6.07) is 12.2. The van der Waals surface area contributed by atoms with Crippen molar-refractivity contribution in [3.05, 3.63) is 35.9 Å². The first kappa shape index (κ1) is 12.9. The van der Waals surface area contributed by atoms with Crippen LogP contribution in [0.25, 0.3) is 0 Å². The first-order valence-electron chi connectivity index (χ1n) is 5.55. The molecular weight excluding hydrogens is 206 g/mol. The smallest absolute Gasteiger partial charge is 0.104 e. The maximum Gasteiger partial charge on any atom is 0.104 e. The third kappa shape index (κ3) is 3.14. The summed E-state index contributed by atoms with van der Waals surface area (Å²) in [5.41, 5.74) is 0.390. The Kier molecular flexibility index (Phi) is 4.87. The lowest BCUT2D eigenvalue weighted by atomic mass is 9.76. The van der Waals surface area contributed by atoms with Gasteiger partial charge in [-0.1, -0.05) is 30.3 Å². The van der Waals surface area contributed by atoms with E-state index in [1.165, 1.54) is 0 Å². The van der Waals surface area contributed by atoms with Gasteiger partial charge in [-0.05, 0) is 19.4 Å². The molecule has 0 aliphatic carbocycles. The van der Waals surface area contributed by atoms with Crippen LogP contribution >= 0.6 is 0 Å². The lowest BCUT2D eigenvalue weighted by Gasteiger charge is -2.22. The minimum atomic E-state index is -0.604. The molecule has 0 radical (unpaired) electrons. The van der Waals surface area contributed by atoms with Crippen molar-refractivity contribution >= 4 is 0 Å². The Hall–Kier alpha value is -2.17. The van der Waals surface area contributed by atoms with E-state index in [1.807, 2.05) is 30.3 Å². The minimum Gasteiger partial charge on any atom is -0.197 e. The molecule has 1 nitrogen and oxygen atoms in total. The molecule has 0 spiro atoms. The van der Waals surface area contributed by atoms with Crippen molar-refractivity contribution < 1.29 is 0 Å². The van der Waals surface area contributed by atoms with E-state index in [1.54, 1.807) is 13.8 Å². The fourth-order valence-corrected chi connectivity index (χ4v) is 1.65. The van der Waals surface area contributed by atoms with Crippen LogP contribution in [0, 0.1) is 35.0 Å². The van der Waals surface area contributed by atoms with Crippen LogP contribution in [0.1, 0.15) is 32.3 Å². The first-order valence-corrected chi connectivity index (χ1v) is 5.55. The molecule has 1 rings (SSSR count). The van der Waals surface area contributed by atoms with Crippen molar-refractivity contribution in [3.8, 4) is 29.8 Å². The molecule has 1 aromatic carbocycles. The Morgan fingerprint density at radius 2 is 1.53 bits per heavy atom. The molecule has 1 heteroatoms. The molecule has 0 saturated heterocycles. The molecule has 0 unspecified atom stereocenters. The molecule has 0 saturated carbocycles. The molecule has 0 N–H and O–H groups in total. The summed E-state index contributed by atoms with van der Waals surface area (Å²) in [6.45, 7) is 3.58. The van der Waals surface area contributed by atoms with E-state index in [0.717, 1.165) is 5.56 Å². The third-order valence-electron chi connectivity index (χ3n) is 2.67. The van der Waals surface area contributed by atoms with Crippen LogP contribution in [-0.4, -0.2) is 0 Å². The van der Waals surface area contributed by atoms with Crippen LogP contribution in [0.4, 0.5) is 0 Å². The first-order chi connectivity index (χ1) is 8.29. The highest BCUT2D eigenvalue weighted by atomic mass is 14.4. The highest BCUT2D eigenvalue weighted by Crippen LogP contribution is 2.30. The highest BCUT2D eigenvalue weighted by Gasteiger charge is 2.30. The van der Waals surface area contributed by atoms with E-state index in [4.69, 9.17) is 0 Å². The van der Waals surface area contributed by atoms with Crippen LogP contribution in [0.2, 0.25) is 0 Å². The van der Waals surface area contributed by atoms with Gasteiger partial charge < -0.3 is 0 Å². The largest absolute Gasteiger partial charge is 0.197 e. The predicted octanol–water partition coefficient (Wildman–Crippen LogP) is 3.27. The third-order valence-corrected chi connectivity index (χ3v) is 2.67. The van der Waals surface area contributed by atoms with Gasteiger partial charge in [0.1, 0.15) is 5.41 Å². The summed E-state index contributed by atoms with van der Waals surface area (Å²) >= 11 is 0. The van der Waals surface area contributed by atoms with E-state index in [9.17, 15) is 5.26 Å². The molecule has 1 aromatic rings. The van der Waals surface area contributed by atoms with Gasteiger partial charge in [0.15, 0.2) is 0 Å². The van der Waals surface area contributed by atoms with E-state index in [0.29, 0.717) is 12.8 Å². The number of benzene rings is 1. The second-order valence-electron chi connectivity index (χ2n) is 3.77. The zero-order valence-corrected chi connectivity index (χ0v) is 10.2. The number of nitriles is 1. The van der Waals surface area contributed by atoms with Crippen molar-refractivity contribution in [2.75, 3.05) is 0 Å². The molecule has 0 amide bonds. The monoisotopic (exact) mass is 221 g/mol. The fraction of sp³-hybridized carbons (Fsp3) is 0.312. The quantitative estimate of drug-likeness (QED) is 0.719. The summed E-state index contributed by atoms with van der Waals surface area (Å²) < 4.78 is 0. The topological polar surface area (TPSA) is 23.8 Å². The predicted molar refractivity (Wildman–Crippen MR) is 69.9 cm³/mol. The second kappa shape index (κ2) is 6.42. The average molecular weight is 221 g/mol. The molecule has 0 heterocycles. The van der Waals surface area contributed by atoms with Crippen molar-refractivity contribution in [3.63, 3.8) is 0 Å². The number of rotatable bonds is 3. The Bertz CT molecular complexity index is 490. The Labute approximate surface area is 103 Å². The number of nitrogens with zero attached hydrogens (tertiary/aromatic N) is 1. The van der Waals surface area contributed by atoms with Gasteiger partial charge in [-0.2, -0.15) is 5.26 Å². The van der Waals surface area contributed by atoms with Gasteiger partial charge in [-0.25, -0.2) is 0 Å². The van der Waals surface area contributed by atoms with Crippen LogP contribution in [0.5, 0.6) is 0 Å². The van der Waals surface area contributed by atoms with Crippen molar-refractivity contribution in [1.29, 1.82) is 5.26 Å². The SMILES string of the molecule is CC#CCC(C#N)(CC#CC)c1ccccc1. The molecule has 0 atom stereocenters. The van der Waals surface area contributed by atoms with Crippen molar-refractivity contribution in [2.24, 2.45) is 0 Å².